The number of hydrogen-bond acceptors (Lipinski definition) is 22. The van der Waals surface area contributed by atoms with Gasteiger partial charge in [-0.15, -0.1) is 0 Å². The fraction of sp³-hybridized carbons (Fsp3) is 0.600. The molecular weight excluding hydrogens is 1330 g/mol. The van der Waals surface area contributed by atoms with Crippen molar-refractivity contribution in [2.45, 2.75) is 212 Å². The molecule has 0 unspecified atom stereocenters. The third kappa shape index (κ3) is 18.5. The number of aliphatic hydroxyl groups is 1. The topological polar surface area (TPSA) is 303 Å². The van der Waals surface area contributed by atoms with E-state index in [4.69, 9.17) is 67.6 Å². The molecule has 9 aliphatic rings. The number of aldehydes is 1. The number of amides is 4. The predicted octanol–water partition coefficient (Wildman–Crippen LogP) is 12.0. The highest BCUT2D eigenvalue weighted by molar-refractivity contribution is 6.01. The molecule has 103 heavy (non-hydrogen) atoms. The summed E-state index contributed by atoms with van der Waals surface area (Å²) in [4.78, 5) is 76.9. The monoisotopic (exact) mass is 1440 g/mol. The van der Waals surface area contributed by atoms with Crippen LogP contribution in [-0.4, -0.2) is 164 Å². The number of nitriles is 1. The number of carbonyl (C=O) groups excluding carboxylic acids is 4. The summed E-state index contributed by atoms with van der Waals surface area (Å²) >= 11 is 0. The molecule has 5 aromatic rings. The first-order chi connectivity index (χ1) is 48.1. The van der Waals surface area contributed by atoms with Crippen molar-refractivity contribution in [3.8, 4) is 6.07 Å². The summed E-state index contributed by atoms with van der Waals surface area (Å²) in [6, 6.07) is 10.5. The molecule has 564 valence electrons. The van der Waals surface area contributed by atoms with Gasteiger partial charge in [0.15, 0.2) is 6.29 Å². The molecule has 26 nitrogen and oxygen atoms in total. The van der Waals surface area contributed by atoms with Gasteiger partial charge in [0.2, 0.25) is 25.2 Å². The smallest absolute Gasteiger partial charge is 0.410 e. The van der Waals surface area contributed by atoms with Crippen LogP contribution in [0.1, 0.15) is 226 Å². The molecule has 0 aromatic carbocycles. The number of aromatic nitrogens is 5. The normalized spacial score (nSPS) is 17.7. The zero-order chi connectivity index (χ0) is 70.0. The van der Waals surface area contributed by atoms with Crippen LogP contribution in [0.25, 0.3) is 0 Å². The van der Waals surface area contributed by atoms with E-state index >= 15 is 0 Å². The summed E-state index contributed by atoms with van der Waals surface area (Å²) < 4.78 is 67.7. The minimum Gasteiger partial charge on any atom is -0.447 e. The number of rotatable bonds is 22. The Morgan fingerprint density at radius 3 is 1.46 bits per heavy atom. The summed E-state index contributed by atoms with van der Waals surface area (Å²) in [5.74, 6) is -0.367. The Kier molecular flexibility index (Phi) is 29.4. The van der Waals surface area contributed by atoms with Crippen LogP contribution in [0.3, 0.4) is 0 Å². The van der Waals surface area contributed by atoms with Gasteiger partial charge in [0.1, 0.15) is 65.1 Å². The SMILES string of the molecule is C.C.C.COC(OC)c1nc2c(cc1C=O)CCCC2.COC(OC)c1nc2c(cc1CN1C(=O)OCC13CC3)CCCC2.COC(OC)c1nc2c(cc1CN1C(=O)OCC13CC3)CCCN2C(=O)Nc1cc(F)c(C#N)cn1.COC(OC)c1nc2c(cc1CNC1(CO)CC1)CCCC2.F. The molecule has 3 N–H and O–H groups in total. The van der Waals surface area contributed by atoms with Gasteiger partial charge < -0.3 is 57.8 Å². The molecule has 3 saturated carbocycles. The lowest BCUT2D eigenvalue weighted by molar-refractivity contribution is -0.109. The number of cyclic esters (lactones) is 2. The van der Waals surface area contributed by atoms with Crippen LogP contribution in [0.4, 0.5) is 35.1 Å². The van der Waals surface area contributed by atoms with Crippen molar-refractivity contribution in [1.29, 1.82) is 5.26 Å². The van der Waals surface area contributed by atoms with Crippen molar-refractivity contribution in [2.24, 2.45) is 0 Å². The second-order valence-electron chi connectivity index (χ2n) is 26.7. The summed E-state index contributed by atoms with van der Waals surface area (Å²) in [5, 5.41) is 24.4. The highest BCUT2D eigenvalue weighted by Crippen LogP contribution is 2.49. The first-order valence-corrected chi connectivity index (χ1v) is 34.2. The van der Waals surface area contributed by atoms with E-state index in [2.05, 4.69) is 32.7 Å². The molecule has 2 saturated heterocycles. The van der Waals surface area contributed by atoms with Crippen LogP contribution in [-0.2, 0) is 112 Å². The summed E-state index contributed by atoms with van der Waals surface area (Å²) in [5.41, 5.74) is 13.6. The Bertz CT molecular complexity index is 3780. The second-order valence-corrected chi connectivity index (χ2v) is 26.7. The van der Waals surface area contributed by atoms with Crippen molar-refractivity contribution in [3.05, 3.63) is 132 Å². The molecule has 28 heteroatoms. The number of urea groups is 1. The van der Waals surface area contributed by atoms with E-state index in [0.717, 1.165) is 147 Å². The third-order valence-corrected chi connectivity index (χ3v) is 20.3. The molecule has 0 bridgehead atoms. The summed E-state index contributed by atoms with van der Waals surface area (Å²) in [6.45, 7) is 2.97. The van der Waals surface area contributed by atoms with Gasteiger partial charge in [-0.05, 0) is 179 Å². The Labute approximate surface area is 603 Å². The van der Waals surface area contributed by atoms with Gasteiger partial charge in [0.25, 0.3) is 0 Å². The lowest BCUT2D eigenvalue weighted by Gasteiger charge is -2.31. The first kappa shape index (κ1) is 82.5. The number of halogens is 2. The number of carbonyl (C=O) groups is 4. The number of hydrogen-bond donors (Lipinski definition) is 3. The maximum Gasteiger partial charge on any atom is 0.410 e. The molecule has 2 spiro atoms. The Morgan fingerprint density at radius 1 is 0.602 bits per heavy atom. The van der Waals surface area contributed by atoms with Crippen molar-refractivity contribution >= 4 is 36.1 Å². The Morgan fingerprint density at radius 2 is 1.02 bits per heavy atom. The first-order valence-electron chi connectivity index (χ1n) is 34.2. The molecule has 8 heterocycles. The van der Waals surface area contributed by atoms with E-state index < -0.39 is 37.0 Å². The fourth-order valence-corrected chi connectivity index (χ4v) is 14.0. The summed E-state index contributed by atoms with van der Waals surface area (Å²) in [7, 11) is 12.6. The predicted molar refractivity (Wildman–Crippen MR) is 379 cm³/mol. The second kappa shape index (κ2) is 36.7. The lowest BCUT2D eigenvalue weighted by Crippen LogP contribution is -2.40. The fourth-order valence-electron chi connectivity index (χ4n) is 14.0. The zero-order valence-electron chi connectivity index (χ0n) is 58.4. The van der Waals surface area contributed by atoms with E-state index in [1.165, 1.54) is 73.6 Å². The van der Waals surface area contributed by atoms with Gasteiger partial charge in [0, 0.05) is 104 Å². The van der Waals surface area contributed by atoms with Gasteiger partial charge in [-0.25, -0.2) is 28.7 Å². The molecule has 4 amide bonds. The van der Waals surface area contributed by atoms with Crippen molar-refractivity contribution < 1.29 is 80.7 Å². The molecule has 6 aliphatic carbocycles. The molecular formula is C75H105F2N11O15. The quantitative estimate of drug-likeness (QED) is 0.0428. The number of pyridine rings is 5. The molecule has 14 rings (SSSR count). The average molecular weight is 1440 g/mol. The maximum absolute atomic E-state index is 14.0. The van der Waals surface area contributed by atoms with Crippen LogP contribution >= 0.6 is 0 Å². The molecule has 3 aliphatic heterocycles. The van der Waals surface area contributed by atoms with Crippen LogP contribution in [0.15, 0.2) is 36.5 Å². The number of ether oxygens (including phenoxy) is 10. The Balaban J connectivity index is 0.000000197. The van der Waals surface area contributed by atoms with Crippen LogP contribution < -0.4 is 15.5 Å². The van der Waals surface area contributed by atoms with Crippen LogP contribution in [0.5, 0.6) is 0 Å². The van der Waals surface area contributed by atoms with E-state index in [9.17, 15) is 28.7 Å². The van der Waals surface area contributed by atoms with E-state index in [0.29, 0.717) is 68.5 Å². The van der Waals surface area contributed by atoms with E-state index in [-0.39, 0.29) is 80.3 Å². The molecule has 5 fully saturated rings. The van der Waals surface area contributed by atoms with Crippen LogP contribution in [0.2, 0.25) is 0 Å². The minimum atomic E-state index is -0.819. The van der Waals surface area contributed by atoms with Crippen molar-refractivity contribution in [2.75, 3.05) is 93.5 Å². The van der Waals surface area contributed by atoms with Gasteiger partial charge in [-0.1, -0.05) is 34.4 Å². The molecule has 5 aromatic heterocycles. The number of anilines is 2. The van der Waals surface area contributed by atoms with E-state index in [1.807, 2.05) is 17.0 Å². The van der Waals surface area contributed by atoms with Gasteiger partial charge in [-0.2, -0.15) is 5.26 Å². The number of nitrogens with zero attached hydrogens (tertiary/aromatic N) is 9. The van der Waals surface area contributed by atoms with Gasteiger partial charge in [-0.3, -0.25) is 44.5 Å². The largest absolute Gasteiger partial charge is 0.447 e. The van der Waals surface area contributed by atoms with Crippen LogP contribution in [0, 0.1) is 17.1 Å². The zero-order valence-corrected chi connectivity index (χ0v) is 58.4. The van der Waals surface area contributed by atoms with Gasteiger partial charge >= 0.3 is 18.2 Å². The maximum atomic E-state index is 14.0. The number of methoxy groups -OCH3 is 8. The Hall–Kier alpha value is -7.82. The number of nitrogens with one attached hydrogen (secondary N) is 2. The highest BCUT2D eigenvalue weighted by Gasteiger charge is 2.57. The third-order valence-electron chi connectivity index (χ3n) is 20.3. The number of aryl methyl sites for hydroxylation is 7. The molecule has 0 radical (unpaired) electrons. The lowest BCUT2D eigenvalue weighted by atomic mass is 9.93. The number of fused-ring (bicyclic) bond motifs is 4. The minimum absolute atomic E-state index is 0. The van der Waals surface area contributed by atoms with Crippen molar-refractivity contribution in [3.63, 3.8) is 0 Å². The highest BCUT2D eigenvalue weighted by atomic mass is 19.1. The summed E-state index contributed by atoms with van der Waals surface area (Å²) in [6.07, 6.45) is 19.5. The standard InChI is InChI=1S/C24H25FN6O5.C18H24N2O4.C17H26N2O3.C13H17NO3.3CH4.FH/c1-34-21(35-2)19-15(12-31-23(33)36-13-24(31)5-6-24)8-14-4-3-7-30(20(14)29-19)22(32)28-18-9-17(25)16(10-26)11-27-18;1-22-16(23-2)15-13(9-12-5-3-4-6-14(12)19-15)10-20-17(21)24-11-18(20)7-8-18;1-21-16(22-2)15-13(10-18-17(11-20)7-8-17)9-12-5-3-4-6-14(12)19-15;1-16-13(17-2)12-10(8-15)7-9-5-3-4-6-11(9)14-12;;;;/h8-9,11,21H,3-7,12-13H2,1-2H3,(H,27,28,32);9,16H,3-8,10-11H2,1-2H3;9,16,18,20H,3-8,10-11H2,1-2H3;7-8,13H,3-6H2,1-2H3;3*1H4;1H. The average Bonchev–Trinajstić information content (AvgIpc) is 1.60. The van der Waals surface area contributed by atoms with E-state index in [1.54, 1.807) is 53.6 Å². The molecule has 0 atom stereocenters. The number of aliphatic hydroxyl groups excluding tert-OH is 1. The van der Waals surface area contributed by atoms with Crippen molar-refractivity contribution in [1.82, 2.24) is 40.0 Å². The van der Waals surface area contributed by atoms with Gasteiger partial charge in [0.05, 0.1) is 37.0 Å².